The Morgan fingerprint density at radius 2 is 2.05 bits per heavy atom. The van der Waals surface area contributed by atoms with Crippen LogP contribution in [0.4, 0.5) is 5.69 Å². The van der Waals surface area contributed by atoms with Crippen LogP contribution in [0.2, 0.25) is 0 Å². The van der Waals surface area contributed by atoms with E-state index in [1.54, 1.807) is 25.1 Å². The summed E-state index contributed by atoms with van der Waals surface area (Å²) in [7, 11) is 0. The highest BCUT2D eigenvalue weighted by Crippen LogP contribution is 2.22. The van der Waals surface area contributed by atoms with E-state index in [4.69, 9.17) is 19.9 Å². The Bertz CT molecular complexity index is 418. The highest BCUT2D eigenvalue weighted by atomic mass is 16.5. The van der Waals surface area contributed by atoms with E-state index in [1.165, 1.54) is 0 Å². The molecule has 1 aromatic rings. The first-order valence-electron chi connectivity index (χ1n) is 6.35. The van der Waals surface area contributed by atoms with Crippen molar-refractivity contribution >= 4 is 11.7 Å². The third-order valence-corrected chi connectivity index (χ3v) is 2.29. The zero-order valence-electron chi connectivity index (χ0n) is 11.6. The maximum Gasteiger partial charge on any atom is 0.341 e. The van der Waals surface area contributed by atoms with Crippen LogP contribution in [0.1, 0.15) is 31.1 Å². The second-order valence-electron chi connectivity index (χ2n) is 4.24. The van der Waals surface area contributed by atoms with E-state index in [2.05, 4.69) is 0 Å². The van der Waals surface area contributed by atoms with E-state index in [9.17, 15) is 4.79 Å². The third kappa shape index (κ3) is 5.18. The zero-order valence-corrected chi connectivity index (χ0v) is 11.6. The van der Waals surface area contributed by atoms with Crippen LogP contribution in [0.3, 0.4) is 0 Å². The summed E-state index contributed by atoms with van der Waals surface area (Å²) in [6.07, 6.45) is 0.147. The third-order valence-electron chi connectivity index (χ3n) is 2.29. The second kappa shape index (κ2) is 7.63. The van der Waals surface area contributed by atoms with Crippen LogP contribution in [0, 0.1) is 0 Å². The molecular formula is C14H21NO4. The molecule has 0 radical (unpaired) electrons. The number of esters is 1. The average molecular weight is 267 g/mol. The Morgan fingerprint density at radius 1 is 1.32 bits per heavy atom. The van der Waals surface area contributed by atoms with Crippen LogP contribution in [0.25, 0.3) is 0 Å². The van der Waals surface area contributed by atoms with Crippen LogP contribution < -0.4 is 10.5 Å². The first-order chi connectivity index (χ1) is 9.04. The first-order valence-corrected chi connectivity index (χ1v) is 6.35. The van der Waals surface area contributed by atoms with Gasteiger partial charge in [-0.2, -0.15) is 0 Å². The van der Waals surface area contributed by atoms with E-state index in [0.29, 0.717) is 36.8 Å². The van der Waals surface area contributed by atoms with E-state index in [1.807, 2.05) is 13.8 Å². The molecule has 0 bridgehead atoms. The van der Waals surface area contributed by atoms with Gasteiger partial charge in [0, 0.05) is 11.8 Å². The van der Waals surface area contributed by atoms with Gasteiger partial charge < -0.3 is 19.9 Å². The van der Waals surface area contributed by atoms with E-state index >= 15 is 0 Å². The molecule has 2 N–H and O–H groups in total. The molecule has 5 nitrogen and oxygen atoms in total. The molecule has 0 aliphatic heterocycles. The maximum atomic E-state index is 11.7. The van der Waals surface area contributed by atoms with Crippen molar-refractivity contribution in [2.24, 2.45) is 0 Å². The van der Waals surface area contributed by atoms with Gasteiger partial charge in [-0.25, -0.2) is 4.79 Å². The quantitative estimate of drug-likeness (QED) is 0.466. The Balaban J connectivity index is 2.68. The van der Waals surface area contributed by atoms with Crippen LogP contribution in [0.5, 0.6) is 5.75 Å². The largest absolute Gasteiger partial charge is 0.490 e. The van der Waals surface area contributed by atoms with Gasteiger partial charge in [0.1, 0.15) is 17.9 Å². The minimum absolute atomic E-state index is 0.147. The number of ether oxygens (including phenoxy) is 3. The Labute approximate surface area is 113 Å². The molecule has 0 unspecified atom stereocenters. The molecule has 0 amide bonds. The molecule has 5 heteroatoms. The summed E-state index contributed by atoms with van der Waals surface area (Å²) in [5.41, 5.74) is 6.60. The maximum absolute atomic E-state index is 11.7. The van der Waals surface area contributed by atoms with Crippen molar-refractivity contribution in [2.75, 3.05) is 25.6 Å². The minimum atomic E-state index is -0.415. The number of nitrogen functional groups attached to an aromatic ring is 1. The summed E-state index contributed by atoms with van der Waals surface area (Å²) in [5.74, 6) is 0.00749. The number of carbonyl (C=O) groups is 1. The number of hydrogen-bond acceptors (Lipinski definition) is 5. The van der Waals surface area contributed by atoms with Crippen molar-refractivity contribution in [3.8, 4) is 5.75 Å². The molecule has 0 aliphatic rings. The molecular weight excluding hydrogens is 246 g/mol. The van der Waals surface area contributed by atoms with Gasteiger partial charge in [0.05, 0.1) is 19.3 Å². The van der Waals surface area contributed by atoms with E-state index < -0.39 is 5.97 Å². The van der Waals surface area contributed by atoms with Crippen molar-refractivity contribution < 1.29 is 19.0 Å². The molecule has 19 heavy (non-hydrogen) atoms. The average Bonchev–Trinajstić information content (AvgIpc) is 2.34. The van der Waals surface area contributed by atoms with Gasteiger partial charge in [-0.1, -0.05) is 0 Å². The van der Waals surface area contributed by atoms with Gasteiger partial charge in [0.2, 0.25) is 0 Å². The lowest BCUT2D eigenvalue weighted by atomic mass is 10.2. The lowest BCUT2D eigenvalue weighted by Crippen LogP contribution is -2.14. The molecule has 106 valence electrons. The topological polar surface area (TPSA) is 70.8 Å². The van der Waals surface area contributed by atoms with E-state index in [0.717, 1.165) is 0 Å². The summed E-state index contributed by atoms with van der Waals surface area (Å²) in [5, 5.41) is 0. The lowest BCUT2D eigenvalue weighted by Gasteiger charge is -2.12. The van der Waals surface area contributed by atoms with Crippen molar-refractivity contribution in [1.29, 1.82) is 0 Å². The number of hydrogen-bond donors (Lipinski definition) is 1. The van der Waals surface area contributed by atoms with Gasteiger partial charge in [-0.05, 0) is 32.9 Å². The number of nitrogens with two attached hydrogens (primary N) is 1. The van der Waals surface area contributed by atoms with Gasteiger partial charge >= 0.3 is 5.97 Å². The first kappa shape index (κ1) is 15.3. The van der Waals surface area contributed by atoms with E-state index in [-0.39, 0.29) is 6.10 Å². The smallest absolute Gasteiger partial charge is 0.341 e. The summed E-state index contributed by atoms with van der Waals surface area (Å²) in [6, 6.07) is 4.86. The minimum Gasteiger partial charge on any atom is -0.490 e. The number of carbonyl (C=O) groups excluding carboxylic acids is 1. The van der Waals surface area contributed by atoms with Gasteiger partial charge in [0.15, 0.2) is 0 Å². The van der Waals surface area contributed by atoms with Crippen molar-refractivity contribution in [2.45, 2.75) is 26.9 Å². The molecule has 0 saturated heterocycles. The monoisotopic (exact) mass is 267 g/mol. The van der Waals surface area contributed by atoms with Crippen molar-refractivity contribution in [3.05, 3.63) is 23.8 Å². The predicted molar refractivity (Wildman–Crippen MR) is 73.4 cm³/mol. The van der Waals surface area contributed by atoms with Crippen LogP contribution in [-0.4, -0.2) is 31.9 Å². The zero-order chi connectivity index (χ0) is 14.3. The molecule has 0 aromatic heterocycles. The second-order valence-corrected chi connectivity index (χ2v) is 4.24. The van der Waals surface area contributed by atoms with Crippen molar-refractivity contribution in [1.82, 2.24) is 0 Å². The number of anilines is 1. The lowest BCUT2D eigenvalue weighted by molar-refractivity contribution is 0.0487. The summed E-state index contributed by atoms with van der Waals surface area (Å²) < 4.78 is 15.9. The van der Waals surface area contributed by atoms with Crippen molar-refractivity contribution in [3.63, 3.8) is 0 Å². The molecule has 0 aliphatic carbocycles. The van der Waals surface area contributed by atoms with Gasteiger partial charge in [-0.3, -0.25) is 0 Å². The fourth-order valence-corrected chi connectivity index (χ4v) is 1.47. The predicted octanol–water partition coefficient (Wildman–Crippen LogP) is 2.25. The van der Waals surface area contributed by atoms with Crippen LogP contribution in [-0.2, 0) is 9.47 Å². The normalized spacial score (nSPS) is 10.5. The molecule has 1 rings (SSSR count). The molecule has 0 atom stereocenters. The summed E-state index contributed by atoms with van der Waals surface area (Å²) in [4.78, 5) is 11.7. The molecule has 0 spiro atoms. The Kier molecular flexibility index (Phi) is 6.15. The standard InChI is InChI=1S/C14H21NO4/c1-4-17-14(16)12-6-5-11(15)9-13(12)19-8-7-18-10(2)3/h5-6,9-10H,4,7-8,15H2,1-3H3. The van der Waals surface area contributed by atoms with Gasteiger partial charge in [-0.15, -0.1) is 0 Å². The fraction of sp³-hybridized carbons (Fsp3) is 0.500. The highest BCUT2D eigenvalue weighted by Gasteiger charge is 2.14. The Hall–Kier alpha value is -1.75. The number of rotatable bonds is 7. The molecule has 0 saturated carbocycles. The molecule has 1 aromatic carbocycles. The number of benzene rings is 1. The highest BCUT2D eigenvalue weighted by molar-refractivity contribution is 5.93. The Morgan fingerprint density at radius 3 is 2.68 bits per heavy atom. The fourth-order valence-electron chi connectivity index (χ4n) is 1.47. The molecule has 0 fully saturated rings. The van der Waals surface area contributed by atoms with Crippen LogP contribution in [0.15, 0.2) is 18.2 Å². The van der Waals surface area contributed by atoms with Gasteiger partial charge in [0.25, 0.3) is 0 Å². The summed E-state index contributed by atoms with van der Waals surface area (Å²) in [6.45, 7) is 6.78. The summed E-state index contributed by atoms with van der Waals surface area (Å²) >= 11 is 0. The van der Waals surface area contributed by atoms with Crippen LogP contribution >= 0.6 is 0 Å². The molecule has 0 heterocycles. The SMILES string of the molecule is CCOC(=O)c1ccc(N)cc1OCCOC(C)C.